The van der Waals surface area contributed by atoms with Crippen molar-refractivity contribution in [2.45, 2.75) is 91.9 Å². The van der Waals surface area contributed by atoms with Crippen LogP contribution >= 0.6 is 0 Å². The fourth-order valence-corrected chi connectivity index (χ4v) is 4.61. The summed E-state index contributed by atoms with van der Waals surface area (Å²) in [6.45, 7) is 9.39. The SMILES string of the molecule is CCC1=CCC(C(CC)=C(CC)C2CC=C(CC)CC2)CC1. The summed E-state index contributed by atoms with van der Waals surface area (Å²) in [5.74, 6) is 1.68. The maximum atomic E-state index is 2.55. The Morgan fingerprint density at radius 3 is 1.41 bits per heavy atom. The van der Waals surface area contributed by atoms with Crippen LogP contribution in [0.4, 0.5) is 0 Å². The van der Waals surface area contributed by atoms with Crippen LogP contribution in [0.15, 0.2) is 34.4 Å². The van der Waals surface area contributed by atoms with E-state index >= 15 is 0 Å². The monoisotopic (exact) mass is 300 g/mol. The molecule has 0 radical (unpaired) electrons. The molecule has 0 heteroatoms. The maximum Gasteiger partial charge on any atom is -0.0163 e. The predicted molar refractivity (Wildman–Crippen MR) is 99.0 cm³/mol. The smallest absolute Gasteiger partial charge is 0.0163 e. The van der Waals surface area contributed by atoms with E-state index in [-0.39, 0.29) is 0 Å². The second-order valence-corrected chi connectivity index (χ2v) is 7.13. The molecule has 0 bridgehead atoms. The molecule has 0 nitrogen and oxygen atoms in total. The molecule has 0 saturated heterocycles. The first-order chi connectivity index (χ1) is 10.7. The van der Waals surface area contributed by atoms with Gasteiger partial charge in [-0.25, -0.2) is 0 Å². The molecule has 0 aromatic rings. The molecule has 0 N–H and O–H groups in total. The van der Waals surface area contributed by atoms with Gasteiger partial charge in [0, 0.05) is 0 Å². The van der Waals surface area contributed by atoms with Gasteiger partial charge in [-0.1, -0.05) is 62.1 Å². The van der Waals surface area contributed by atoms with Crippen molar-refractivity contribution in [3.8, 4) is 0 Å². The molecular formula is C22H36. The highest BCUT2D eigenvalue weighted by atomic mass is 14.3. The van der Waals surface area contributed by atoms with E-state index in [2.05, 4.69) is 39.8 Å². The third-order valence-electron chi connectivity index (χ3n) is 6.08. The zero-order chi connectivity index (χ0) is 15.9. The molecule has 0 amide bonds. The van der Waals surface area contributed by atoms with E-state index in [1.807, 2.05) is 11.1 Å². The summed E-state index contributed by atoms with van der Waals surface area (Å²) in [5, 5.41) is 0. The molecular weight excluding hydrogens is 264 g/mol. The lowest BCUT2D eigenvalue weighted by Crippen LogP contribution is -2.16. The van der Waals surface area contributed by atoms with E-state index in [0.29, 0.717) is 0 Å². The normalized spacial score (nSPS) is 27.1. The van der Waals surface area contributed by atoms with Gasteiger partial charge in [0.15, 0.2) is 0 Å². The lowest BCUT2D eigenvalue weighted by Gasteiger charge is -2.31. The molecule has 2 aliphatic rings. The number of hydrogen-bond acceptors (Lipinski definition) is 0. The molecule has 2 rings (SSSR count). The molecule has 2 atom stereocenters. The van der Waals surface area contributed by atoms with Gasteiger partial charge >= 0.3 is 0 Å². The third kappa shape index (κ3) is 4.15. The molecule has 0 aromatic heterocycles. The Bertz CT molecular complexity index is 405. The van der Waals surface area contributed by atoms with Gasteiger partial charge in [0.05, 0.1) is 0 Å². The molecule has 2 unspecified atom stereocenters. The standard InChI is InChI=1S/C22H36/c1-5-17-9-13-19(14-10-17)21(7-3)22(8-4)20-15-11-18(6-2)12-16-20/h9,11,19-20H,5-8,10,12-16H2,1-4H3. The molecule has 0 heterocycles. The van der Waals surface area contributed by atoms with Crippen molar-refractivity contribution < 1.29 is 0 Å². The Balaban J connectivity index is 2.16. The van der Waals surface area contributed by atoms with Crippen LogP contribution in [0.1, 0.15) is 91.9 Å². The largest absolute Gasteiger partial charge is 0.0847 e. The summed E-state index contributed by atoms with van der Waals surface area (Å²) >= 11 is 0. The van der Waals surface area contributed by atoms with E-state index in [4.69, 9.17) is 0 Å². The Labute approximate surface area is 138 Å². The summed E-state index contributed by atoms with van der Waals surface area (Å²) < 4.78 is 0. The second-order valence-electron chi connectivity index (χ2n) is 7.13. The molecule has 0 fully saturated rings. The Kier molecular flexibility index (Phi) is 6.99. The predicted octanol–water partition coefficient (Wildman–Crippen LogP) is 7.38. The molecule has 22 heavy (non-hydrogen) atoms. The molecule has 0 spiro atoms. The lowest BCUT2D eigenvalue weighted by atomic mass is 9.74. The van der Waals surface area contributed by atoms with Gasteiger partial charge in [0.25, 0.3) is 0 Å². The van der Waals surface area contributed by atoms with E-state index in [1.54, 1.807) is 11.1 Å². The number of rotatable bonds is 6. The Hall–Kier alpha value is -0.780. The van der Waals surface area contributed by atoms with E-state index in [1.165, 1.54) is 64.2 Å². The first-order valence-electron chi connectivity index (χ1n) is 9.80. The van der Waals surface area contributed by atoms with Crippen LogP contribution in [0, 0.1) is 11.8 Å². The minimum atomic E-state index is 0.840. The summed E-state index contributed by atoms with van der Waals surface area (Å²) in [4.78, 5) is 0. The summed E-state index contributed by atoms with van der Waals surface area (Å²) in [6, 6.07) is 0. The number of hydrogen-bond donors (Lipinski definition) is 0. The molecule has 124 valence electrons. The average Bonchev–Trinajstić information content (AvgIpc) is 2.60. The maximum absolute atomic E-state index is 2.55. The first-order valence-corrected chi connectivity index (χ1v) is 9.80. The van der Waals surface area contributed by atoms with Crippen molar-refractivity contribution in [1.82, 2.24) is 0 Å². The topological polar surface area (TPSA) is 0 Å². The van der Waals surface area contributed by atoms with Crippen LogP contribution in [-0.4, -0.2) is 0 Å². The summed E-state index contributed by atoms with van der Waals surface area (Å²) in [6.07, 6.45) is 18.2. The number of allylic oxidation sites excluding steroid dienone is 6. The first kappa shape index (κ1) is 17.6. The highest BCUT2D eigenvalue weighted by Crippen LogP contribution is 2.40. The van der Waals surface area contributed by atoms with Crippen LogP contribution < -0.4 is 0 Å². The van der Waals surface area contributed by atoms with Crippen LogP contribution in [0.25, 0.3) is 0 Å². The molecule has 0 aromatic carbocycles. The van der Waals surface area contributed by atoms with Gasteiger partial charge in [-0.3, -0.25) is 0 Å². The average molecular weight is 301 g/mol. The summed E-state index contributed by atoms with van der Waals surface area (Å²) in [5.41, 5.74) is 7.04. The zero-order valence-electron chi connectivity index (χ0n) is 15.4. The second kappa shape index (κ2) is 8.75. The van der Waals surface area contributed by atoms with Crippen molar-refractivity contribution in [3.63, 3.8) is 0 Å². The van der Waals surface area contributed by atoms with Gasteiger partial charge in [0.2, 0.25) is 0 Å². The fraction of sp³-hybridized carbons (Fsp3) is 0.727. The van der Waals surface area contributed by atoms with Crippen molar-refractivity contribution >= 4 is 0 Å². The van der Waals surface area contributed by atoms with Crippen molar-refractivity contribution in [2.75, 3.05) is 0 Å². The molecule has 0 saturated carbocycles. The van der Waals surface area contributed by atoms with Crippen LogP contribution in [0.3, 0.4) is 0 Å². The Morgan fingerprint density at radius 1 is 0.773 bits per heavy atom. The highest BCUT2D eigenvalue weighted by Gasteiger charge is 2.24. The Morgan fingerprint density at radius 2 is 1.18 bits per heavy atom. The minimum Gasteiger partial charge on any atom is -0.0847 e. The quantitative estimate of drug-likeness (QED) is 0.449. The van der Waals surface area contributed by atoms with Crippen molar-refractivity contribution in [3.05, 3.63) is 34.4 Å². The van der Waals surface area contributed by atoms with E-state index in [9.17, 15) is 0 Å². The van der Waals surface area contributed by atoms with Crippen LogP contribution in [-0.2, 0) is 0 Å². The van der Waals surface area contributed by atoms with Gasteiger partial charge < -0.3 is 0 Å². The van der Waals surface area contributed by atoms with Crippen LogP contribution in [0.2, 0.25) is 0 Å². The van der Waals surface area contributed by atoms with Crippen LogP contribution in [0.5, 0.6) is 0 Å². The molecule has 0 aliphatic heterocycles. The van der Waals surface area contributed by atoms with Gasteiger partial charge in [0.1, 0.15) is 0 Å². The van der Waals surface area contributed by atoms with E-state index in [0.717, 1.165) is 11.8 Å². The van der Waals surface area contributed by atoms with Crippen molar-refractivity contribution in [2.24, 2.45) is 11.8 Å². The van der Waals surface area contributed by atoms with Gasteiger partial charge in [-0.2, -0.15) is 0 Å². The zero-order valence-corrected chi connectivity index (χ0v) is 15.4. The van der Waals surface area contributed by atoms with Gasteiger partial charge in [-0.15, -0.1) is 0 Å². The minimum absolute atomic E-state index is 0.840. The van der Waals surface area contributed by atoms with Gasteiger partial charge in [-0.05, 0) is 76.0 Å². The fourth-order valence-electron chi connectivity index (χ4n) is 4.61. The van der Waals surface area contributed by atoms with Crippen molar-refractivity contribution in [1.29, 1.82) is 0 Å². The summed E-state index contributed by atoms with van der Waals surface area (Å²) in [7, 11) is 0. The third-order valence-corrected chi connectivity index (χ3v) is 6.08. The van der Waals surface area contributed by atoms with E-state index < -0.39 is 0 Å². The molecule has 2 aliphatic carbocycles. The lowest BCUT2D eigenvalue weighted by molar-refractivity contribution is 0.471. The highest BCUT2D eigenvalue weighted by molar-refractivity contribution is 5.25.